The van der Waals surface area contributed by atoms with E-state index in [9.17, 15) is 4.79 Å². The highest BCUT2D eigenvalue weighted by atomic mass is 35.5. The van der Waals surface area contributed by atoms with E-state index in [1.54, 1.807) is 0 Å². The highest BCUT2D eigenvalue weighted by Gasteiger charge is 2.21. The van der Waals surface area contributed by atoms with Crippen molar-refractivity contribution in [2.24, 2.45) is 5.41 Å². The van der Waals surface area contributed by atoms with E-state index in [0.29, 0.717) is 18.0 Å². The van der Waals surface area contributed by atoms with Crippen molar-refractivity contribution in [1.29, 1.82) is 0 Å². The molecule has 1 N–H and O–H groups in total. The lowest BCUT2D eigenvalue weighted by molar-refractivity contribution is -0.120. The van der Waals surface area contributed by atoms with Gasteiger partial charge in [0.05, 0.1) is 17.8 Å². The quantitative estimate of drug-likeness (QED) is 0.784. The van der Waals surface area contributed by atoms with Crippen LogP contribution in [0.4, 0.5) is 0 Å². The molecule has 0 radical (unpaired) electrons. The molecule has 1 aromatic carbocycles. The molecule has 0 aliphatic heterocycles. The van der Waals surface area contributed by atoms with Gasteiger partial charge in [-0.1, -0.05) is 31.5 Å². The van der Waals surface area contributed by atoms with Gasteiger partial charge in [0.1, 0.15) is 0 Å². The predicted octanol–water partition coefficient (Wildman–Crippen LogP) is 3.70. The smallest absolute Gasteiger partial charge is 0.224 e. The van der Waals surface area contributed by atoms with E-state index >= 15 is 0 Å². The van der Waals surface area contributed by atoms with Gasteiger partial charge in [0.2, 0.25) is 5.91 Å². The Morgan fingerprint density at radius 1 is 1.26 bits per heavy atom. The Morgan fingerprint density at radius 3 is 2.52 bits per heavy atom. The van der Waals surface area contributed by atoms with Crippen molar-refractivity contribution in [1.82, 2.24) is 20.0 Å². The van der Waals surface area contributed by atoms with Crippen molar-refractivity contribution < 1.29 is 4.79 Å². The summed E-state index contributed by atoms with van der Waals surface area (Å²) >= 11 is 6.26. The molecule has 0 aliphatic carbocycles. The van der Waals surface area contributed by atoms with Gasteiger partial charge in [-0.25, -0.2) is 4.68 Å². The Labute approximate surface area is 167 Å². The Bertz CT molecular complexity index is 824. The molecular formula is C21H31ClN4O. The number of amides is 1. The fourth-order valence-corrected chi connectivity index (χ4v) is 3.54. The molecule has 0 unspecified atom stereocenters. The second-order valence-electron chi connectivity index (χ2n) is 8.35. The molecule has 1 amide bonds. The van der Waals surface area contributed by atoms with E-state index < -0.39 is 0 Å². The number of rotatable bonds is 7. The number of benzene rings is 1. The number of carbonyl (C=O) groups excluding carboxylic acids is 1. The SMILES string of the molecule is Cc1ccc(-n2nc(C)c(CC(=O)NCC(C)(C)CN(C)C)c2C)cc1Cl. The molecule has 0 fully saturated rings. The Balaban J connectivity index is 2.12. The molecule has 0 aliphatic rings. The first-order valence-electron chi connectivity index (χ1n) is 9.23. The number of aromatic nitrogens is 2. The van der Waals surface area contributed by atoms with Crippen LogP contribution in [0.15, 0.2) is 18.2 Å². The van der Waals surface area contributed by atoms with Crippen LogP contribution in [0.3, 0.4) is 0 Å². The lowest BCUT2D eigenvalue weighted by atomic mass is 9.93. The Hall–Kier alpha value is -1.85. The van der Waals surface area contributed by atoms with Crippen molar-refractivity contribution in [2.75, 3.05) is 27.2 Å². The minimum atomic E-state index is 0.0199. The third kappa shape index (κ3) is 5.56. The highest BCUT2D eigenvalue weighted by Crippen LogP contribution is 2.23. The van der Waals surface area contributed by atoms with Crippen LogP contribution in [0.1, 0.15) is 36.4 Å². The number of halogens is 1. The maximum Gasteiger partial charge on any atom is 0.224 e. The fourth-order valence-electron chi connectivity index (χ4n) is 3.37. The molecule has 6 heteroatoms. The van der Waals surface area contributed by atoms with Crippen molar-refractivity contribution in [3.63, 3.8) is 0 Å². The van der Waals surface area contributed by atoms with Crippen LogP contribution in [-0.2, 0) is 11.2 Å². The lowest BCUT2D eigenvalue weighted by Gasteiger charge is -2.28. The first kappa shape index (κ1) is 21.5. The molecular weight excluding hydrogens is 360 g/mol. The van der Waals surface area contributed by atoms with Crippen LogP contribution in [0.25, 0.3) is 5.69 Å². The monoisotopic (exact) mass is 390 g/mol. The highest BCUT2D eigenvalue weighted by molar-refractivity contribution is 6.31. The van der Waals surface area contributed by atoms with Crippen LogP contribution in [0.2, 0.25) is 5.02 Å². The number of nitrogens with zero attached hydrogens (tertiary/aromatic N) is 3. The van der Waals surface area contributed by atoms with Gasteiger partial charge in [-0.05, 0) is 58.0 Å². The van der Waals surface area contributed by atoms with Crippen LogP contribution >= 0.6 is 11.6 Å². The summed E-state index contributed by atoms with van der Waals surface area (Å²) in [7, 11) is 4.09. The lowest BCUT2D eigenvalue weighted by Crippen LogP contribution is -2.40. The zero-order valence-corrected chi connectivity index (χ0v) is 18.2. The molecule has 1 heterocycles. The number of nitrogens with one attached hydrogen (secondary N) is 1. The summed E-state index contributed by atoms with van der Waals surface area (Å²) in [6.45, 7) is 11.8. The molecule has 2 aromatic rings. The molecule has 0 saturated carbocycles. The molecule has 0 atom stereocenters. The molecule has 2 rings (SSSR count). The van der Waals surface area contributed by atoms with Gasteiger partial charge in [-0.15, -0.1) is 0 Å². The molecule has 0 saturated heterocycles. The summed E-state index contributed by atoms with van der Waals surface area (Å²) in [5.74, 6) is 0.0227. The van der Waals surface area contributed by atoms with Gasteiger partial charge < -0.3 is 10.2 Å². The molecule has 27 heavy (non-hydrogen) atoms. The standard InChI is InChI=1S/C21H31ClN4O/c1-14-8-9-17(10-19(14)22)26-16(3)18(15(2)24-26)11-20(27)23-12-21(4,5)13-25(6)7/h8-10H,11-13H2,1-7H3,(H,23,27). The summed E-state index contributed by atoms with van der Waals surface area (Å²) in [6.07, 6.45) is 0.329. The average Bonchev–Trinajstić information content (AvgIpc) is 2.83. The van der Waals surface area contributed by atoms with Crippen molar-refractivity contribution in [3.05, 3.63) is 45.7 Å². The molecule has 0 spiro atoms. The van der Waals surface area contributed by atoms with Crippen LogP contribution < -0.4 is 5.32 Å². The minimum Gasteiger partial charge on any atom is -0.355 e. The van der Waals surface area contributed by atoms with Crippen molar-refractivity contribution in [3.8, 4) is 5.69 Å². The average molecular weight is 391 g/mol. The summed E-state index contributed by atoms with van der Waals surface area (Å²) in [4.78, 5) is 14.6. The van der Waals surface area contributed by atoms with Gasteiger partial charge in [0.25, 0.3) is 0 Å². The first-order chi connectivity index (χ1) is 12.5. The van der Waals surface area contributed by atoms with E-state index in [0.717, 1.165) is 34.7 Å². The number of carbonyl (C=O) groups is 1. The second kappa shape index (κ2) is 8.44. The summed E-state index contributed by atoms with van der Waals surface area (Å²) in [5.41, 5.74) is 4.76. The predicted molar refractivity (Wildman–Crippen MR) is 112 cm³/mol. The second-order valence-corrected chi connectivity index (χ2v) is 8.76. The Morgan fingerprint density at radius 2 is 1.93 bits per heavy atom. The molecule has 0 bridgehead atoms. The van der Waals surface area contributed by atoms with E-state index in [1.165, 1.54) is 0 Å². The minimum absolute atomic E-state index is 0.0199. The Kier molecular flexibility index (Phi) is 6.71. The van der Waals surface area contributed by atoms with Gasteiger partial charge in [0.15, 0.2) is 0 Å². The molecule has 5 nitrogen and oxygen atoms in total. The third-order valence-electron chi connectivity index (χ3n) is 4.69. The van der Waals surface area contributed by atoms with Crippen LogP contribution in [-0.4, -0.2) is 47.8 Å². The maximum absolute atomic E-state index is 12.5. The summed E-state index contributed by atoms with van der Waals surface area (Å²) in [6, 6.07) is 5.88. The van der Waals surface area contributed by atoms with Crippen LogP contribution in [0, 0.1) is 26.2 Å². The van der Waals surface area contributed by atoms with Crippen molar-refractivity contribution >= 4 is 17.5 Å². The number of aryl methyl sites for hydroxylation is 2. The van der Waals surface area contributed by atoms with Gasteiger partial charge >= 0.3 is 0 Å². The largest absolute Gasteiger partial charge is 0.355 e. The van der Waals surface area contributed by atoms with E-state index in [-0.39, 0.29) is 11.3 Å². The molecule has 148 valence electrons. The van der Waals surface area contributed by atoms with E-state index in [1.807, 2.05) is 57.7 Å². The topological polar surface area (TPSA) is 50.2 Å². The zero-order chi connectivity index (χ0) is 20.4. The van der Waals surface area contributed by atoms with Crippen molar-refractivity contribution in [2.45, 2.75) is 41.0 Å². The summed E-state index contributed by atoms with van der Waals surface area (Å²) in [5, 5.41) is 8.41. The van der Waals surface area contributed by atoms with E-state index in [4.69, 9.17) is 11.6 Å². The van der Waals surface area contributed by atoms with Gasteiger partial charge in [-0.2, -0.15) is 5.10 Å². The fraction of sp³-hybridized carbons (Fsp3) is 0.524. The van der Waals surface area contributed by atoms with Gasteiger partial charge in [0, 0.05) is 29.4 Å². The number of hydrogen-bond donors (Lipinski definition) is 1. The van der Waals surface area contributed by atoms with Gasteiger partial charge in [-0.3, -0.25) is 4.79 Å². The van der Waals surface area contributed by atoms with Crippen LogP contribution in [0.5, 0.6) is 0 Å². The zero-order valence-electron chi connectivity index (χ0n) is 17.5. The summed E-state index contributed by atoms with van der Waals surface area (Å²) < 4.78 is 1.86. The third-order valence-corrected chi connectivity index (χ3v) is 5.09. The molecule has 1 aromatic heterocycles. The first-order valence-corrected chi connectivity index (χ1v) is 9.61. The normalized spacial score (nSPS) is 11.9. The number of hydrogen-bond acceptors (Lipinski definition) is 3. The van der Waals surface area contributed by atoms with E-state index in [2.05, 4.69) is 29.2 Å². The maximum atomic E-state index is 12.5.